The first-order valence-electron chi connectivity index (χ1n) is 5.87. The SMILES string of the molecule is O=C(Cc1ccccc1F)NCCc1cc[nH]c1. The van der Waals surface area contributed by atoms with Crippen LogP contribution in [-0.4, -0.2) is 17.4 Å². The van der Waals surface area contributed by atoms with Gasteiger partial charge in [-0.15, -0.1) is 0 Å². The molecule has 3 nitrogen and oxygen atoms in total. The molecule has 2 N–H and O–H groups in total. The van der Waals surface area contributed by atoms with Crippen LogP contribution in [0.15, 0.2) is 42.7 Å². The Hall–Kier alpha value is -2.10. The lowest BCUT2D eigenvalue weighted by Gasteiger charge is -2.05. The van der Waals surface area contributed by atoms with Crippen LogP contribution in [0.1, 0.15) is 11.1 Å². The molecule has 2 aromatic rings. The maximum absolute atomic E-state index is 13.3. The summed E-state index contributed by atoms with van der Waals surface area (Å²) >= 11 is 0. The van der Waals surface area contributed by atoms with E-state index in [4.69, 9.17) is 0 Å². The lowest BCUT2D eigenvalue weighted by atomic mass is 10.1. The van der Waals surface area contributed by atoms with Crippen molar-refractivity contribution in [1.82, 2.24) is 10.3 Å². The Morgan fingerprint density at radius 1 is 1.28 bits per heavy atom. The fourth-order valence-corrected chi connectivity index (χ4v) is 1.74. The van der Waals surface area contributed by atoms with Crippen LogP contribution in [0.5, 0.6) is 0 Å². The molecule has 1 aromatic heterocycles. The Morgan fingerprint density at radius 3 is 2.83 bits per heavy atom. The van der Waals surface area contributed by atoms with Gasteiger partial charge in [-0.3, -0.25) is 4.79 Å². The van der Waals surface area contributed by atoms with Crippen molar-refractivity contribution in [2.24, 2.45) is 0 Å². The highest BCUT2D eigenvalue weighted by atomic mass is 19.1. The number of benzene rings is 1. The Labute approximate surface area is 105 Å². The van der Waals surface area contributed by atoms with E-state index in [1.807, 2.05) is 18.5 Å². The predicted molar refractivity (Wildman–Crippen MR) is 67.6 cm³/mol. The van der Waals surface area contributed by atoms with Crippen LogP contribution in [0.25, 0.3) is 0 Å². The van der Waals surface area contributed by atoms with Gasteiger partial charge in [0.2, 0.25) is 5.91 Å². The molecule has 1 amide bonds. The van der Waals surface area contributed by atoms with Gasteiger partial charge in [0.05, 0.1) is 6.42 Å². The standard InChI is InChI=1S/C14H15FN2O/c15-13-4-2-1-3-12(13)9-14(18)17-8-6-11-5-7-16-10-11/h1-5,7,10,16H,6,8-9H2,(H,17,18). The molecule has 18 heavy (non-hydrogen) atoms. The molecule has 0 saturated heterocycles. The van der Waals surface area contributed by atoms with E-state index < -0.39 is 0 Å². The Morgan fingerprint density at radius 2 is 2.11 bits per heavy atom. The highest BCUT2D eigenvalue weighted by Crippen LogP contribution is 2.06. The fourth-order valence-electron chi connectivity index (χ4n) is 1.74. The van der Waals surface area contributed by atoms with Crippen molar-refractivity contribution >= 4 is 5.91 Å². The number of aromatic amines is 1. The largest absolute Gasteiger partial charge is 0.367 e. The summed E-state index contributed by atoms with van der Waals surface area (Å²) in [4.78, 5) is 14.6. The summed E-state index contributed by atoms with van der Waals surface area (Å²) in [5.41, 5.74) is 1.57. The molecule has 0 spiro atoms. The van der Waals surface area contributed by atoms with E-state index in [1.165, 1.54) is 6.07 Å². The topological polar surface area (TPSA) is 44.9 Å². The Balaban J connectivity index is 1.77. The molecule has 0 unspecified atom stereocenters. The van der Waals surface area contributed by atoms with Crippen molar-refractivity contribution in [2.45, 2.75) is 12.8 Å². The average Bonchev–Trinajstić information content (AvgIpc) is 2.85. The smallest absolute Gasteiger partial charge is 0.224 e. The van der Waals surface area contributed by atoms with Crippen LogP contribution in [0.2, 0.25) is 0 Å². The summed E-state index contributed by atoms with van der Waals surface area (Å²) in [6, 6.07) is 8.29. The Bertz CT molecular complexity index is 508. The number of rotatable bonds is 5. The van der Waals surface area contributed by atoms with E-state index in [0.717, 1.165) is 12.0 Å². The summed E-state index contributed by atoms with van der Waals surface area (Å²) < 4.78 is 13.3. The van der Waals surface area contributed by atoms with Gasteiger partial charge in [-0.25, -0.2) is 4.39 Å². The Kier molecular flexibility index (Phi) is 4.12. The fraction of sp³-hybridized carbons (Fsp3) is 0.214. The maximum atomic E-state index is 13.3. The van der Waals surface area contributed by atoms with Gasteiger partial charge < -0.3 is 10.3 Å². The van der Waals surface area contributed by atoms with Gasteiger partial charge in [-0.1, -0.05) is 18.2 Å². The minimum atomic E-state index is -0.335. The highest BCUT2D eigenvalue weighted by Gasteiger charge is 2.06. The lowest BCUT2D eigenvalue weighted by Crippen LogP contribution is -2.27. The lowest BCUT2D eigenvalue weighted by molar-refractivity contribution is -0.120. The second-order valence-electron chi connectivity index (χ2n) is 4.09. The molecule has 4 heteroatoms. The molecule has 1 heterocycles. The number of H-pyrrole nitrogens is 1. The number of hydrogen-bond donors (Lipinski definition) is 2. The molecule has 94 valence electrons. The molecule has 2 rings (SSSR count). The monoisotopic (exact) mass is 246 g/mol. The number of hydrogen-bond acceptors (Lipinski definition) is 1. The van der Waals surface area contributed by atoms with Crippen LogP contribution >= 0.6 is 0 Å². The van der Waals surface area contributed by atoms with Gasteiger partial charge in [0.25, 0.3) is 0 Å². The van der Waals surface area contributed by atoms with Gasteiger partial charge in [-0.2, -0.15) is 0 Å². The summed E-state index contributed by atoms with van der Waals surface area (Å²) in [6.07, 6.45) is 4.59. The first-order valence-corrected chi connectivity index (χ1v) is 5.87. The van der Waals surface area contributed by atoms with Crippen molar-refractivity contribution in [1.29, 1.82) is 0 Å². The van der Waals surface area contributed by atoms with Gasteiger partial charge >= 0.3 is 0 Å². The van der Waals surface area contributed by atoms with Crippen molar-refractivity contribution in [3.8, 4) is 0 Å². The zero-order chi connectivity index (χ0) is 12.8. The quantitative estimate of drug-likeness (QED) is 0.833. The molecule has 0 radical (unpaired) electrons. The molecular formula is C14H15FN2O. The third-order valence-corrected chi connectivity index (χ3v) is 2.71. The number of amides is 1. The van der Waals surface area contributed by atoms with E-state index >= 15 is 0 Å². The van der Waals surface area contributed by atoms with Gasteiger partial charge in [0.1, 0.15) is 5.82 Å². The van der Waals surface area contributed by atoms with E-state index in [-0.39, 0.29) is 18.1 Å². The zero-order valence-electron chi connectivity index (χ0n) is 9.95. The van der Waals surface area contributed by atoms with Crippen molar-refractivity contribution < 1.29 is 9.18 Å². The summed E-state index contributed by atoms with van der Waals surface area (Å²) in [7, 11) is 0. The highest BCUT2D eigenvalue weighted by molar-refractivity contribution is 5.78. The van der Waals surface area contributed by atoms with Crippen LogP contribution in [0.3, 0.4) is 0 Å². The average molecular weight is 246 g/mol. The van der Waals surface area contributed by atoms with Crippen LogP contribution < -0.4 is 5.32 Å². The first-order chi connectivity index (χ1) is 8.75. The van der Waals surface area contributed by atoms with Crippen LogP contribution in [-0.2, 0) is 17.6 Å². The second-order valence-corrected chi connectivity index (χ2v) is 4.09. The van der Waals surface area contributed by atoms with E-state index in [9.17, 15) is 9.18 Å². The van der Waals surface area contributed by atoms with E-state index in [0.29, 0.717) is 12.1 Å². The third-order valence-electron chi connectivity index (χ3n) is 2.71. The first kappa shape index (κ1) is 12.4. The zero-order valence-corrected chi connectivity index (χ0v) is 9.95. The van der Waals surface area contributed by atoms with Crippen LogP contribution in [0.4, 0.5) is 4.39 Å². The number of halogens is 1. The normalized spacial score (nSPS) is 10.3. The third kappa shape index (κ3) is 3.45. The molecular weight excluding hydrogens is 231 g/mol. The minimum absolute atomic E-state index is 0.0831. The van der Waals surface area contributed by atoms with E-state index in [1.54, 1.807) is 18.2 Å². The van der Waals surface area contributed by atoms with Gasteiger partial charge in [0, 0.05) is 18.9 Å². The summed E-state index contributed by atoms with van der Waals surface area (Å²) in [5, 5.41) is 2.78. The molecule has 0 fully saturated rings. The predicted octanol–water partition coefficient (Wildman–Crippen LogP) is 2.06. The van der Waals surface area contributed by atoms with Gasteiger partial charge in [-0.05, 0) is 29.7 Å². The van der Waals surface area contributed by atoms with Crippen molar-refractivity contribution in [3.05, 3.63) is 59.7 Å². The maximum Gasteiger partial charge on any atom is 0.224 e. The molecule has 0 aliphatic rings. The molecule has 1 aromatic carbocycles. The number of carbonyl (C=O) groups is 1. The molecule has 0 atom stereocenters. The van der Waals surface area contributed by atoms with Crippen molar-refractivity contribution in [2.75, 3.05) is 6.54 Å². The van der Waals surface area contributed by atoms with Crippen LogP contribution in [0, 0.1) is 5.82 Å². The van der Waals surface area contributed by atoms with Gasteiger partial charge in [0.15, 0.2) is 0 Å². The number of aromatic nitrogens is 1. The molecule has 0 aliphatic heterocycles. The summed E-state index contributed by atoms with van der Waals surface area (Å²) in [6.45, 7) is 0.561. The number of nitrogens with one attached hydrogen (secondary N) is 2. The second kappa shape index (κ2) is 6.00. The minimum Gasteiger partial charge on any atom is -0.367 e. The molecule has 0 bridgehead atoms. The van der Waals surface area contributed by atoms with Crippen molar-refractivity contribution in [3.63, 3.8) is 0 Å². The number of carbonyl (C=O) groups excluding carboxylic acids is 1. The summed E-state index contributed by atoms with van der Waals surface area (Å²) in [5.74, 6) is -0.492. The molecule has 0 saturated carbocycles. The molecule has 0 aliphatic carbocycles. The van der Waals surface area contributed by atoms with E-state index in [2.05, 4.69) is 10.3 Å².